The van der Waals surface area contributed by atoms with Gasteiger partial charge in [-0.2, -0.15) is 0 Å². The highest BCUT2D eigenvalue weighted by Gasteiger charge is 2.07. The average molecular weight is 244 g/mol. The van der Waals surface area contributed by atoms with E-state index in [1.165, 1.54) is 11.1 Å². The van der Waals surface area contributed by atoms with E-state index in [0.29, 0.717) is 0 Å². The first kappa shape index (κ1) is 12.2. The van der Waals surface area contributed by atoms with Crippen molar-refractivity contribution in [3.05, 3.63) is 71.3 Å². The molecule has 0 heterocycles. The van der Waals surface area contributed by atoms with Gasteiger partial charge >= 0.3 is 0 Å². The number of hydrogen-bond donors (Lipinski definition) is 1. The zero-order valence-corrected chi connectivity index (χ0v) is 10.7. The Morgan fingerprint density at radius 2 is 1.65 bits per heavy atom. The lowest BCUT2D eigenvalue weighted by atomic mass is 10.1. The van der Waals surface area contributed by atoms with E-state index in [9.17, 15) is 5.11 Å². The third kappa shape index (κ3) is 3.35. The second-order valence-electron chi connectivity index (χ2n) is 4.00. The van der Waals surface area contributed by atoms with Gasteiger partial charge in [-0.1, -0.05) is 54.6 Å². The van der Waals surface area contributed by atoms with Crippen LogP contribution in [-0.2, 0) is 5.75 Å². The van der Waals surface area contributed by atoms with Crippen molar-refractivity contribution in [1.29, 1.82) is 0 Å². The zero-order valence-electron chi connectivity index (χ0n) is 9.84. The first-order valence-electron chi connectivity index (χ1n) is 5.66. The Morgan fingerprint density at radius 3 is 2.35 bits per heavy atom. The highest BCUT2D eigenvalue weighted by Crippen LogP contribution is 2.29. The van der Waals surface area contributed by atoms with Crippen LogP contribution in [0.15, 0.2) is 54.6 Å². The molecular formula is C15H16OS. The molecule has 0 saturated heterocycles. The van der Waals surface area contributed by atoms with Crippen molar-refractivity contribution in [3.63, 3.8) is 0 Å². The number of thioether (sulfide) groups is 1. The Labute approximate surface area is 107 Å². The minimum Gasteiger partial charge on any atom is -0.378 e. The minimum atomic E-state index is -0.448. The largest absolute Gasteiger partial charge is 0.378 e. The summed E-state index contributed by atoms with van der Waals surface area (Å²) in [5.74, 6) is 0.836. The Morgan fingerprint density at radius 1 is 1.00 bits per heavy atom. The lowest BCUT2D eigenvalue weighted by Crippen LogP contribution is -1.93. The molecule has 2 rings (SSSR count). The van der Waals surface area contributed by atoms with E-state index in [1.807, 2.05) is 42.5 Å². The Balaban J connectivity index is 1.97. The van der Waals surface area contributed by atoms with E-state index < -0.39 is 5.44 Å². The predicted octanol–water partition coefficient (Wildman–Crippen LogP) is 3.92. The Hall–Kier alpha value is -1.25. The molecule has 0 aromatic heterocycles. The second kappa shape index (κ2) is 5.89. The third-order valence-electron chi connectivity index (χ3n) is 2.74. The van der Waals surface area contributed by atoms with Crippen LogP contribution in [0.1, 0.15) is 22.1 Å². The third-order valence-corrected chi connectivity index (χ3v) is 3.81. The van der Waals surface area contributed by atoms with Gasteiger partial charge in [-0.25, -0.2) is 0 Å². The standard InChI is InChI=1S/C15H16OS/c1-12-7-5-6-10-14(12)11-17-15(16)13-8-3-2-4-9-13/h2-10,15-16H,11H2,1H3. The molecule has 1 nitrogen and oxygen atoms in total. The van der Waals surface area contributed by atoms with Gasteiger partial charge in [-0.15, -0.1) is 11.8 Å². The molecule has 0 bridgehead atoms. The van der Waals surface area contributed by atoms with Crippen LogP contribution >= 0.6 is 11.8 Å². The van der Waals surface area contributed by atoms with Crippen molar-refractivity contribution < 1.29 is 5.11 Å². The minimum absolute atomic E-state index is 0.448. The first-order chi connectivity index (χ1) is 8.27. The summed E-state index contributed by atoms with van der Waals surface area (Å²) in [5, 5.41) is 10.0. The van der Waals surface area contributed by atoms with E-state index in [4.69, 9.17) is 0 Å². The topological polar surface area (TPSA) is 20.2 Å². The number of rotatable bonds is 4. The van der Waals surface area contributed by atoms with Crippen molar-refractivity contribution in [2.24, 2.45) is 0 Å². The summed E-state index contributed by atoms with van der Waals surface area (Å²) in [4.78, 5) is 0. The van der Waals surface area contributed by atoms with Crippen LogP contribution in [0.5, 0.6) is 0 Å². The van der Waals surface area contributed by atoms with E-state index >= 15 is 0 Å². The quantitative estimate of drug-likeness (QED) is 0.823. The maximum atomic E-state index is 10.0. The average Bonchev–Trinajstić information content (AvgIpc) is 2.38. The molecule has 0 saturated carbocycles. The van der Waals surface area contributed by atoms with Crippen LogP contribution in [0, 0.1) is 6.92 Å². The van der Waals surface area contributed by atoms with Gasteiger partial charge in [0.15, 0.2) is 0 Å². The summed E-state index contributed by atoms with van der Waals surface area (Å²) in [6.45, 7) is 2.10. The monoisotopic (exact) mass is 244 g/mol. The van der Waals surface area contributed by atoms with Gasteiger partial charge in [-0.05, 0) is 23.6 Å². The molecule has 0 spiro atoms. The van der Waals surface area contributed by atoms with Gasteiger partial charge in [0, 0.05) is 5.75 Å². The number of benzene rings is 2. The van der Waals surface area contributed by atoms with Crippen LogP contribution in [0.25, 0.3) is 0 Å². The van der Waals surface area contributed by atoms with Crippen molar-refractivity contribution in [2.75, 3.05) is 0 Å². The maximum absolute atomic E-state index is 10.0. The van der Waals surface area contributed by atoms with Gasteiger partial charge in [-0.3, -0.25) is 0 Å². The van der Waals surface area contributed by atoms with Crippen molar-refractivity contribution in [2.45, 2.75) is 18.1 Å². The van der Waals surface area contributed by atoms with E-state index in [2.05, 4.69) is 19.1 Å². The highest BCUT2D eigenvalue weighted by atomic mass is 32.2. The molecule has 2 heteroatoms. The van der Waals surface area contributed by atoms with Gasteiger partial charge in [0.2, 0.25) is 0 Å². The van der Waals surface area contributed by atoms with Crippen LogP contribution in [-0.4, -0.2) is 5.11 Å². The molecule has 1 unspecified atom stereocenters. The molecule has 0 radical (unpaired) electrons. The lowest BCUT2D eigenvalue weighted by Gasteiger charge is -2.11. The van der Waals surface area contributed by atoms with Gasteiger partial charge in [0.05, 0.1) is 0 Å². The van der Waals surface area contributed by atoms with Crippen molar-refractivity contribution >= 4 is 11.8 Å². The molecule has 0 aliphatic carbocycles. The number of hydrogen-bond acceptors (Lipinski definition) is 2. The Bertz CT molecular complexity index is 467. The molecule has 0 aliphatic rings. The summed E-state index contributed by atoms with van der Waals surface area (Å²) in [5.41, 5.74) is 3.08. The zero-order chi connectivity index (χ0) is 12.1. The van der Waals surface area contributed by atoms with Crippen LogP contribution in [0.4, 0.5) is 0 Å². The molecule has 0 fully saturated rings. The predicted molar refractivity (Wildman–Crippen MR) is 73.9 cm³/mol. The highest BCUT2D eigenvalue weighted by molar-refractivity contribution is 7.98. The smallest absolute Gasteiger partial charge is 0.125 e. The molecule has 88 valence electrons. The summed E-state index contributed by atoms with van der Waals surface area (Å²) in [7, 11) is 0. The summed E-state index contributed by atoms with van der Waals surface area (Å²) < 4.78 is 0. The van der Waals surface area contributed by atoms with E-state index in [1.54, 1.807) is 11.8 Å². The summed E-state index contributed by atoms with van der Waals surface area (Å²) in [6, 6.07) is 18.1. The first-order valence-corrected chi connectivity index (χ1v) is 6.71. The fraction of sp³-hybridized carbons (Fsp3) is 0.200. The molecule has 1 N–H and O–H groups in total. The molecular weight excluding hydrogens is 228 g/mol. The lowest BCUT2D eigenvalue weighted by molar-refractivity contribution is 0.270. The van der Waals surface area contributed by atoms with Gasteiger partial charge < -0.3 is 5.11 Å². The van der Waals surface area contributed by atoms with Crippen molar-refractivity contribution in [3.8, 4) is 0 Å². The second-order valence-corrected chi connectivity index (χ2v) is 5.07. The van der Waals surface area contributed by atoms with Gasteiger partial charge in [0.25, 0.3) is 0 Å². The number of aliphatic hydroxyl groups is 1. The SMILES string of the molecule is Cc1ccccc1CSC(O)c1ccccc1. The number of aryl methyl sites for hydroxylation is 1. The van der Waals surface area contributed by atoms with E-state index in [0.717, 1.165) is 11.3 Å². The maximum Gasteiger partial charge on any atom is 0.125 e. The normalized spacial score (nSPS) is 12.4. The molecule has 0 aliphatic heterocycles. The summed E-state index contributed by atoms with van der Waals surface area (Å²) >= 11 is 1.55. The molecule has 0 amide bonds. The van der Waals surface area contributed by atoms with Gasteiger partial charge in [0.1, 0.15) is 5.44 Å². The fourth-order valence-electron chi connectivity index (χ4n) is 1.65. The Kier molecular flexibility index (Phi) is 4.24. The van der Waals surface area contributed by atoms with Crippen LogP contribution < -0.4 is 0 Å². The molecule has 2 aromatic carbocycles. The molecule has 17 heavy (non-hydrogen) atoms. The van der Waals surface area contributed by atoms with Crippen LogP contribution in [0.3, 0.4) is 0 Å². The summed E-state index contributed by atoms with van der Waals surface area (Å²) in [6.07, 6.45) is 0. The van der Waals surface area contributed by atoms with Crippen molar-refractivity contribution in [1.82, 2.24) is 0 Å². The molecule has 2 aromatic rings. The van der Waals surface area contributed by atoms with E-state index in [-0.39, 0.29) is 0 Å². The fourth-order valence-corrected chi connectivity index (χ4v) is 2.67. The van der Waals surface area contributed by atoms with Crippen LogP contribution in [0.2, 0.25) is 0 Å². The number of aliphatic hydroxyl groups excluding tert-OH is 1. The molecule has 1 atom stereocenters.